The van der Waals surface area contributed by atoms with E-state index in [9.17, 15) is 14.7 Å². The average molecular weight is 299 g/mol. The third-order valence-electron chi connectivity index (χ3n) is 3.08. The molecule has 3 aromatic rings. The molecular weight excluding hydrogens is 288 g/mol. The highest BCUT2D eigenvalue weighted by Gasteiger charge is 2.19. The lowest BCUT2D eigenvalue weighted by atomic mass is 10.1. The van der Waals surface area contributed by atoms with Gasteiger partial charge in [-0.05, 0) is 31.2 Å². The standard InChI is InChI=1S/C16H12O6/c1-9-4-5-11-10(7-9)14(19)16(21-8-13(17)18)15(22-11)12-3-2-6-20-12/h2-7H,8H2,1H3,(H,17,18)/p-1. The Morgan fingerprint density at radius 2 is 2.14 bits per heavy atom. The van der Waals surface area contributed by atoms with Gasteiger partial charge in [-0.15, -0.1) is 0 Å². The number of hydrogen-bond donors (Lipinski definition) is 0. The average Bonchev–Trinajstić information content (AvgIpc) is 3.00. The van der Waals surface area contributed by atoms with E-state index in [2.05, 4.69) is 0 Å². The van der Waals surface area contributed by atoms with Crippen LogP contribution in [0.4, 0.5) is 0 Å². The lowest BCUT2D eigenvalue weighted by molar-refractivity contribution is -0.307. The lowest BCUT2D eigenvalue weighted by Gasteiger charge is -2.10. The SMILES string of the molecule is Cc1ccc2oc(-c3ccco3)c(OCC(=O)[O-])c(=O)c2c1. The molecule has 0 bridgehead atoms. The molecule has 0 aliphatic heterocycles. The maximum atomic E-state index is 12.6. The first kappa shape index (κ1) is 13.9. The Hall–Kier alpha value is -3.02. The molecule has 0 aliphatic carbocycles. The van der Waals surface area contributed by atoms with E-state index in [1.54, 1.807) is 30.3 Å². The number of furan rings is 1. The normalized spacial score (nSPS) is 10.8. The molecule has 2 aromatic heterocycles. The summed E-state index contributed by atoms with van der Waals surface area (Å²) in [5, 5.41) is 10.9. The molecule has 22 heavy (non-hydrogen) atoms. The Kier molecular flexibility index (Phi) is 3.42. The van der Waals surface area contributed by atoms with Crippen LogP contribution >= 0.6 is 0 Å². The zero-order valence-corrected chi connectivity index (χ0v) is 11.6. The van der Waals surface area contributed by atoms with E-state index in [0.717, 1.165) is 5.56 Å². The summed E-state index contributed by atoms with van der Waals surface area (Å²) < 4.78 is 16.0. The summed E-state index contributed by atoms with van der Waals surface area (Å²) in [7, 11) is 0. The number of rotatable bonds is 4. The fourth-order valence-corrected chi connectivity index (χ4v) is 2.12. The van der Waals surface area contributed by atoms with Gasteiger partial charge in [0, 0.05) is 0 Å². The van der Waals surface area contributed by atoms with E-state index in [0.29, 0.717) is 11.0 Å². The summed E-state index contributed by atoms with van der Waals surface area (Å²) in [6, 6.07) is 8.33. The van der Waals surface area contributed by atoms with Crippen molar-refractivity contribution in [2.24, 2.45) is 0 Å². The first-order chi connectivity index (χ1) is 10.6. The van der Waals surface area contributed by atoms with Gasteiger partial charge in [0.15, 0.2) is 5.76 Å². The maximum Gasteiger partial charge on any atom is 0.235 e. The van der Waals surface area contributed by atoms with Crippen molar-refractivity contribution >= 4 is 16.9 Å². The molecule has 6 nitrogen and oxygen atoms in total. The van der Waals surface area contributed by atoms with E-state index >= 15 is 0 Å². The smallest absolute Gasteiger partial charge is 0.235 e. The number of carboxylic acid groups (broad SMARTS) is 1. The molecule has 1 aromatic carbocycles. The second kappa shape index (κ2) is 5.40. The Morgan fingerprint density at radius 3 is 2.82 bits per heavy atom. The van der Waals surface area contributed by atoms with Crippen LogP contribution < -0.4 is 15.3 Å². The van der Waals surface area contributed by atoms with Crippen molar-refractivity contribution in [2.75, 3.05) is 6.61 Å². The number of hydrogen-bond acceptors (Lipinski definition) is 6. The van der Waals surface area contributed by atoms with Crippen molar-refractivity contribution in [1.82, 2.24) is 0 Å². The molecule has 2 heterocycles. The van der Waals surface area contributed by atoms with Crippen LogP contribution in [0.5, 0.6) is 5.75 Å². The monoisotopic (exact) mass is 299 g/mol. The van der Waals surface area contributed by atoms with Gasteiger partial charge in [0.1, 0.15) is 12.2 Å². The van der Waals surface area contributed by atoms with Gasteiger partial charge in [0.05, 0.1) is 17.6 Å². The largest absolute Gasteiger partial charge is 0.546 e. The third kappa shape index (κ3) is 2.46. The molecule has 0 N–H and O–H groups in total. The van der Waals surface area contributed by atoms with Gasteiger partial charge in [-0.25, -0.2) is 0 Å². The summed E-state index contributed by atoms with van der Waals surface area (Å²) >= 11 is 0. The number of ether oxygens (including phenoxy) is 1. The van der Waals surface area contributed by atoms with Crippen LogP contribution in [0.3, 0.4) is 0 Å². The number of aryl methyl sites for hydroxylation is 1. The maximum absolute atomic E-state index is 12.6. The van der Waals surface area contributed by atoms with Gasteiger partial charge < -0.3 is 23.5 Å². The van der Waals surface area contributed by atoms with Crippen molar-refractivity contribution in [3.63, 3.8) is 0 Å². The van der Waals surface area contributed by atoms with E-state index < -0.39 is 18.0 Å². The van der Waals surface area contributed by atoms with Crippen molar-refractivity contribution in [3.8, 4) is 17.3 Å². The molecule has 0 saturated carbocycles. The lowest BCUT2D eigenvalue weighted by Crippen LogP contribution is -2.30. The van der Waals surface area contributed by atoms with Crippen LogP contribution in [0.25, 0.3) is 22.5 Å². The minimum atomic E-state index is -1.44. The zero-order valence-electron chi connectivity index (χ0n) is 11.6. The third-order valence-corrected chi connectivity index (χ3v) is 3.08. The first-order valence-corrected chi connectivity index (χ1v) is 6.50. The molecule has 0 atom stereocenters. The predicted molar refractivity (Wildman–Crippen MR) is 75.4 cm³/mol. The number of benzene rings is 1. The fraction of sp³-hybridized carbons (Fsp3) is 0.125. The van der Waals surface area contributed by atoms with Crippen molar-refractivity contribution in [2.45, 2.75) is 6.92 Å². The van der Waals surface area contributed by atoms with Gasteiger partial charge in [-0.1, -0.05) is 11.6 Å². The van der Waals surface area contributed by atoms with Gasteiger partial charge in [-0.3, -0.25) is 4.79 Å². The molecule has 6 heteroatoms. The summed E-state index contributed by atoms with van der Waals surface area (Å²) in [6.07, 6.45) is 1.41. The minimum absolute atomic E-state index is 0.0487. The molecule has 0 saturated heterocycles. The molecule has 0 spiro atoms. The van der Waals surface area contributed by atoms with Gasteiger partial charge >= 0.3 is 0 Å². The van der Waals surface area contributed by atoms with Gasteiger partial charge in [0.25, 0.3) is 0 Å². The van der Waals surface area contributed by atoms with Crippen LogP contribution in [0.2, 0.25) is 0 Å². The number of carbonyl (C=O) groups excluding carboxylic acids is 1. The van der Waals surface area contributed by atoms with Crippen LogP contribution in [-0.2, 0) is 4.79 Å². The summed E-state index contributed by atoms with van der Waals surface area (Å²) in [6.45, 7) is 1.08. The zero-order chi connectivity index (χ0) is 15.7. The van der Waals surface area contributed by atoms with Crippen LogP contribution in [0, 0.1) is 6.92 Å². The van der Waals surface area contributed by atoms with Crippen molar-refractivity contribution in [3.05, 3.63) is 52.4 Å². The fourth-order valence-electron chi connectivity index (χ4n) is 2.12. The van der Waals surface area contributed by atoms with Crippen LogP contribution in [-0.4, -0.2) is 12.6 Å². The molecule has 0 radical (unpaired) electrons. The molecule has 0 fully saturated rings. The van der Waals surface area contributed by atoms with Crippen molar-refractivity contribution in [1.29, 1.82) is 0 Å². The van der Waals surface area contributed by atoms with Crippen molar-refractivity contribution < 1.29 is 23.5 Å². The summed E-state index contributed by atoms with van der Waals surface area (Å²) in [5.74, 6) is -1.33. The molecule has 112 valence electrons. The summed E-state index contributed by atoms with van der Waals surface area (Å²) in [5.41, 5.74) is 0.775. The van der Waals surface area contributed by atoms with Crippen LogP contribution in [0.15, 0.2) is 50.2 Å². The Balaban J connectivity index is 2.27. The number of carboxylic acids is 1. The van der Waals surface area contributed by atoms with E-state index in [1.807, 2.05) is 6.92 Å². The Bertz CT molecular complexity index is 889. The first-order valence-electron chi connectivity index (χ1n) is 6.50. The molecular formula is C16H11O6-. The van der Waals surface area contributed by atoms with E-state index in [1.165, 1.54) is 6.26 Å². The highest BCUT2D eigenvalue weighted by Crippen LogP contribution is 2.31. The highest BCUT2D eigenvalue weighted by atomic mass is 16.5. The Morgan fingerprint density at radius 1 is 1.32 bits per heavy atom. The van der Waals surface area contributed by atoms with Gasteiger partial charge in [-0.2, -0.15) is 0 Å². The van der Waals surface area contributed by atoms with E-state index in [-0.39, 0.29) is 17.3 Å². The van der Waals surface area contributed by atoms with Crippen LogP contribution in [0.1, 0.15) is 5.56 Å². The molecule has 0 amide bonds. The molecule has 0 unspecified atom stereocenters. The highest BCUT2D eigenvalue weighted by molar-refractivity contribution is 5.82. The minimum Gasteiger partial charge on any atom is -0.546 e. The molecule has 3 rings (SSSR count). The summed E-state index contributed by atoms with van der Waals surface area (Å²) in [4.78, 5) is 23.2. The number of carbonyl (C=O) groups is 1. The number of aliphatic carboxylic acids is 1. The van der Waals surface area contributed by atoms with E-state index in [4.69, 9.17) is 13.6 Å². The predicted octanol–water partition coefficient (Wildman–Crippen LogP) is 1.49. The number of fused-ring (bicyclic) bond motifs is 1. The second-order valence-corrected chi connectivity index (χ2v) is 4.73. The topological polar surface area (TPSA) is 92.7 Å². The van der Waals surface area contributed by atoms with Gasteiger partial charge in [0.2, 0.25) is 16.9 Å². The Labute approximate surface area is 124 Å². The second-order valence-electron chi connectivity index (χ2n) is 4.73. The quantitative estimate of drug-likeness (QED) is 0.724. The molecule has 0 aliphatic rings.